The van der Waals surface area contributed by atoms with Gasteiger partial charge < -0.3 is 19.6 Å². The van der Waals surface area contributed by atoms with E-state index in [9.17, 15) is 0 Å². The topological polar surface area (TPSA) is 94.2 Å². The number of benzene rings is 2. The molecular weight excluding hydrogens is 318 g/mol. The van der Waals surface area contributed by atoms with Crippen LogP contribution in [-0.4, -0.2) is 29.2 Å². The van der Waals surface area contributed by atoms with E-state index in [1.165, 1.54) is 0 Å². The van der Waals surface area contributed by atoms with Gasteiger partial charge in [-0.2, -0.15) is 9.97 Å². The first-order chi connectivity index (χ1) is 12.1. The Morgan fingerprint density at radius 3 is 2.60 bits per heavy atom. The lowest BCUT2D eigenvalue weighted by Gasteiger charge is -2.05. The van der Waals surface area contributed by atoms with Crippen molar-refractivity contribution in [2.24, 2.45) is 5.73 Å². The van der Waals surface area contributed by atoms with Crippen molar-refractivity contribution in [2.45, 2.75) is 6.04 Å². The van der Waals surface area contributed by atoms with E-state index in [0.717, 1.165) is 16.6 Å². The van der Waals surface area contributed by atoms with Crippen LogP contribution in [0.3, 0.4) is 0 Å². The van der Waals surface area contributed by atoms with Gasteiger partial charge in [0.1, 0.15) is 5.52 Å². The summed E-state index contributed by atoms with van der Waals surface area (Å²) >= 11 is 0. The van der Waals surface area contributed by atoms with Gasteiger partial charge in [0.05, 0.1) is 6.04 Å². The predicted molar refractivity (Wildman–Crippen MR) is 94.1 cm³/mol. The summed E-state index contributed by atoms with van der Waals surface area (Å²) in [4.78, 5) is 10.7. The standard InChI is InChI=1S/C18H17N5O2/c1-23(2)18-20-13-10-12(8-9-14(13)24-18)17-21-16(22-25-17)15(19)11-6-4-3-5-7-11/h3-10,15H,19H2,1-2H3. The molecule has 0 saturated carbocycles. The number of anilines is 1. The van der Waals surface area contributed by atoms with Crippen molar-refractivity contribution in [1.82, 2.24) is 15.1 Å². The van der Waals surface area contributed by atoms with Crippen LogP contribution in [0.1, 0.15) is 17.4 Å². The molecule has 2 aromatic heterocycles. The van der Waals surface area contributed by atoms with Crippen LogP contribution >= 0.6 is 0 Å². The number of nitrogens with two attached hydrogens (primary N) is 1. The SMILES string of the molecule is CN(C)c1nc2cc(-c3nc(C(N)c4ccccc4)no3)ccc2o1. The molecule has 4 aromatic rings. The van der Waals surface area contributed by atoms with Gasteiger partial charge in [0, 0.05) is 19.7 Å². The minimum Gasteiger partial charge on any atom is -0.423 e. The van der Waals surface area contributed by atoms with E-state index in [0.29, 0.717) is 23.3 Å². The van der Waals surface area contributed by atoms with Crippen molar-refractivity contribution in [1.29, 1.82) is 0 Å². The van der Waals surface area contributed by atoms with Gasteiger partial charge in [-0.3, -0.25) is 0 Å². The van der Waals surface area contributed by atoms with Gasteiger partial charge in [-0.25, -0.2) is 0 Å². The first-order valence-electron chi connectivity index (χ1n) is 7.84. The Bertz CT molecular complexity index is 1010. The van der Waals surface area contributed by atoms with Crippen LogP contribution in [0.25, 0.3) is 22.6 Å². The van der Waals surface area contributed by atoms with E-state index in [4.69, 9.17) is 14.7 Å². The number of hydrogen-bond donors (Lipinski definition) is 1. The molecule has 0 fully saturated rings. The molecule has 2 heterocycles. The van der Waals surface area contributed by atoms with Crippen LogP contribution in [0, 0.1) is 0 Å². The minimum absolute atomic E-state index is 0.401. The zero-order valence-electron chi connectivity index (χ0n) is 13.9. The summed E-state index contributed by atoms with van der Waals surface area (Å²) in [6.07, 6.45) is 0. The van der Waals surface area contributed by atoms with Crippen molar-refractivity contribution in [2.75, 3.05) is 19.0 Å². The van der Waals surface area contributed by atoms with Gasteiger partial charge in [-0.05, 0) is 23.8 Å². The van der Waals surface area contributed by atoms with Gasteiger partial charge in [0.15, 0.2) is 11.4 Å². The summed E-state index contributed by atoms with van der Waals surface area (Å²) < 4.78 is 11.0. The van der Waals surface area contributed by atoms with Crippen molar-refractivity contribution in [3.63, 3.8) is 0 Å². The zero-order valence-corrected chi connectivity index (χ0v) is 13.9. The van der Waals surface area contributed by atoms with E-state index >= 15 is 0 Å². The van der Waals surface area contributed by atoms with E-state index in [2.05, 4.69) is 15.1 Å². The third kappa shape index (κ3) is 2.85. The molecule has 0 aliphatic heterocycles. The molecule has 7 nitrogen and oxygen atoms in total. The van der Waals surface area contributed by atoms with E-state index in [1.807, 2.05) is 67.5 Å². The van der Waals surface area contributed by atoms with E-state index in [-0.39, 0.29) is 0 Å². The summed E-state index contributed by atoms with van der Waals surface area (Å²) in [7, 11) is 3.75. The molecule has 7 heteroatoms. The van der Waals surface area contributed by atoms with Crippen molar-refractivity contribution >= 4 is 17.1 Å². The van der Waals surface area contributed by atoms with Crippen molar-refractivity contribution in [3.8, 4) is 11.5 Å². The lowest BCUT2D eigenvalue weighted by molar-refractivity contribution is 0.419. The van der Waals surface area contributed by atoms with Gasteiger partial charge in [0.2, 0.25) is 0 Å². The molecule has 0 spiro atoms. The Labute approximate surface area is 144 Å². The fraction of sp³-hybridized carbons (Fsp3) is 0.167. The molecule has 25 heavy (non-hydrogen) atoms. The van der Waals surface area contributed by atoms with Crippen LogP contribution in [0.15, 0.2) is 57.5 Å². The van der Waals surface area contributed by atoms with Crippen molar-refractivity contribution < 1.29 is 8.94 Å². The number of hydrogen-bond acceptors (Lipinski definition) is 7. The van der Waals surface area contributed by atoms with Gasteiger partial charge >= 0.3 is 0 Å². The second-order valence-electron chi connectivity index (χ2n) is 5.92. The largest absolute Gasteiger partial charge is 0.423 e. The second-order valence-corrected chi connectivity index (χ2v) is 5.92. The predicted octanol–water partition coefficient (Wildman–Crippen LogP) is 2.99. The number of fused-ring (bicyclic) bond motifs is 1. The Morgan fingerprint density at radius 2 is 1.84 bits per heavy atom. The highest BCUT2D eigenvalue weighted by molar-refractivity contribution is 5.79. The second kappa shape index (κ2) is 6.03. The molecule has 2 N–H and O–H groups in total. The summed E-state index contributed by atoms with van der Waals surface area (Å²) in [6, 6.07) is 15.3. The third-order valence-corrected chi connectivity index (χ3v) is 3.88. The smallest absolute Gasteiger partial charge is 0.297 e. The zero-order chi connectivity index (χ0) is 17.4. The maximum absolute atomic E-state index is 6.22. The van der Waals surface area contributed by atoms with Crippen LogP contribution in [0.5, 0.6) is 0 Å². The fourth-order valence-corrected chi connectivity index (χ4v) is 2.53. The molecule has 0 amide bonds. The summed E-state index contributed by atoms with van der Waals surface area (Å²) in [6.45, 7) is 0. The van der Waals surface area contributed by atoms with Crippen LogP contribution in [0.2, 0.25) is 0 Å². The number of rotatable bonds is 4. The average molecular weight is 335 g/mol. The van der Waals surface area contributed by atoms with Crippen LogP contribution < -0.4 is 10.6 Å². The number of nitrogens with zero attached hydrogens (tertiary/aromatic N) is 4. The van der Waals surface area contributed by atoms with Crippen LogP contribution in [0.4, 0.5) is 6.01 Å². The van der Waals surface area contributed by atoms with E-state index in [1.54, 1.807) is 0 Å². The normalized spacial score (nSPS) is 12.4. The maximum atomic E-state index is 6.22. The molecular formula is C18H17N5O2. The molecule has 1 atom stereocenters. The Kier molecular flexibility index (Phi) is 3.70. The van der Waals surface area contributed by atoms with Gasteiger partial charge in [-0.1, -0.05) is 35.5 Å². The summed E-state index contributed by atoms with van der Waals surface area (Å²) in [5, 5.41) is 4.02. The van der Waals surface area contributed by atoms with Gasteiger partial charge in [0.25, 0.3) is 11.9 Å². The Hall–Kier alpha value is -3.19. The molecule has 0 aliphatic carbocycles. The minimum atomic E-state index is -0.435. The molecule has 126 valence electrons. The fourth-order valence-electron chi connectivity index (χ4n) is 2.53. The first-order valence-corrected chi connectivity index (χ1v) is 7.84. The maximum Gasteiger partial charge on any atom is 0.297 e. The highest BCUT2D eigenvalue weighted by Gasteiger charge is 2.18. The molecule has 0 bridgehead atoms. The monoisotopic (exact) mass is 335 g/mol. The summed E-state index contributed by atoms with van der Waals surface area (Å²) in [5.74, 6) is 0.841. The quantitative estimate of drug-likeness (QED) is 0.612. The average Bonchev–Trinajstić information content (AvgIpc) is 3.28. The highest BCUT2D eigenvalue weighted by Crippen LogP contribution is 2.27. The third-order valence-electron chi connectivity index (χ3n) is 3.88. The first kappa shape index (κ1) is 15.3. The Balaban J connectivity index is 1.66. The number of aromatic nitrogens is 3. The molecule has 0 radical (unpaired) electrons. The number of oxazole rings is 1. The lowest BCUT2D eigenvalue weighted by Crippen LogP contribution is -2.13. The molecule has 2 aromatic carbocycles. The highest BCUT2D eigenvalue weighted by atomic mass is 16.5. The summed E-state index contributed by atoms with van der Waals surface area (Å²) in [5.41, 5.74) is 9.35. The molecule has 0 saturated heterocycles. The lowest BCUT2D eigenvalue weighted by atomic mass is 10.1. The van der Waals surface area contributed by atoms with E-state index < -0.39 is 6.04 Å². The Morgan fingerprint density at radius 1 is 1.04 bits per heavy atom. The molecule has 0 aliphatic rings. The molecule has 1 unspecified atom stereocenters. The van der Waals surface area contributed by atoms with Crippen LogP contribution in [-0.2, 0) is 0 Å². The molecule has 4 rings (SSSR count). The van der Waals surface area contributed by atoms with Gasteiger partial charge in [-0.15, -0.1) is 0 Å². The van der Waals surface area contributed by atoms with Crippen molar-refractivity contribution in [3.05, 3.63) is 59.9 Å².